The molecule has 3 amide bonds. The number of amides is 3. The molecule has 0 spiro atoms. The second kappa shape index (κ2) is 9.03. The van der Waals surface area contributed by atoms with E-state index in [9.17, 15) is 9.59 Å². The molecule has 1 fully saturated rings. The summed E-state index contributed by atoms with van der Waals surface area (Å²) >= 11 is 0. The Bertz CT molecular complexity index is 645. The van der Waals surface area contributed by atoms with Crippen LogP contribution in [0.2, 0.25) is 0 Å². The van der Waals surface area contributed by atoms with E-state index in [1.54, 1.807) is 26.2 Å². The highest BCUT2D eigenvalue weighted by Gasteiger charge is 2.21. The molecule has 0 aromatic heterocycles. The lowest BCUT2D eigenvalue weighted by atomic mass is 9.99. The van der Waals surface area contributed by atoms with Gasteiger partial charge in [-0.3, -0.25) is 9.69 Å². The minimum Gasteiger partial charge on any atom is -0.345 e. The highest BCUT2D eigenvalue weighted by molar-refractivity contribution is 5.97. The zero-order valence-corrected chi connectivity index (χ0v) is 16.6. The third kappa shape index (κ3) is 5.46. The molecule has 0 saturated carbocycles. The Kier molecular flexibility index (Phi) is 7.03. The number of urea groups is 1. The van der Waals surface area contributed by atoms with Gasteiger partial charge in [0.25, 0.3) is 5.91 Å². The van der Waals surface area contributed by atoms with Gasteiger partial charge in [-0.15, -0.1) is 0 Å². The first-order valence-electron chi connectivity index (χ1n) is 9.39. The molecule has 144 valence electrons. The SMILES string of the molecule is Cc1ccc(C(=O)N(C)C)cc1NC(=O)NC[C@H](C)N1CCC[C@@H](C)C1. The van der Waals surface area contributed by atoms with Gasteiger partial charge in [0.15, 0.2) is 0 Å². The molecule has 0 radical (unpaired) electrons. The van der Waals surface area contributed by atoms with Crippen molar-refractivity contribution in [1.29, 1.82) is 0 Å². The monoisotopic (exact) mass is 360 g/mol. The number of nitrogens with one attached hydrogen (secondary N) is 2. The van der Waals surface area contributed by atoms with Crippen molar-refractivity contribution in [3.05, 3.63) is 29.3 Å². The molecule has 1 aromatic rings. The van der Waals surface area contributed by atoms with Gasteiger partial charge in [-0.05, 0) is 56.8 Å². The molecular weight excluding hydrogens is 328 g/mol. The summed E-state index contributed by atoms with van der Waals surface area (Å²) in [6.45, 7) is 9.15. The summed E-state index contributed by atoms with van der Waals surface area (Å²) < 4.78 is 0. The Morgan fingerprint density at radius 1 is 1.35 bits per heavy atom. The first-order chi connectivity index (χ1) is 12.3. The predicted octanol–water partition coefficient (Wildman–Crippen LogP) is 2.94. The van der Waals surface area contributed by atoms with E-state index in [4.69, 9.17) is 0 Å². The normalized spacial score (nSPS) is 18.9. The lowest BCUT2D eigenvalue weighted by molar-refractivity contribution is 0.0827. The Hall–Kier alpha value is -2.08. The summed E-state index contributed by atoms with van der Waals surface area (Å²) in [4.78, 5) is 28.4. The van der Waals surface area contributed by atoms with Gasteiger partial charge in [0.1, 0.15) is 0 Å². The Morgan fingerprint density at radius 3 is 2.73 bits per heavy atom. The second-order valence-electron chi connectivity index (χ2n) is 7.66. The Labute approximate surface area is 156 Å². The van der Waals surface area contributed by atoms with E-state index in [0.717, 1.165) is 24.6 Å². The van der Waals surface area contributed by atoms with Crippen molar-refractivity contribution < 1.29 is 9.59 Å². The van der Waals surface area contributed by atoms with Crippen LogP contribution in [0.3, 0.4) is 0 Å². The lowest BCUT2D eigenvalue weighted by Gasteiger charge is -2.35. The highest BCUT2D eigenvalue weighted by atomic mass is 16.2. The number of anilines is 1. The van der Waals surface area contributed by atoms with E-state index >= 15 is 0 Å². The Morgan fingerprint density at radius 2 is 2.08 bits per heavy atom. The number of benzene rings is 1. The van der Waals surface area contributed by atoms with Crippen molar-refractivity contribution in [3.8, 4) is 0 Å². The van der Waals surface area contributed by atoms with Crippen molar-refractivity contribution in [3.63, 3.8) is 0 Å². The molecule has 26 heavy (non-hydrogen) atoms. The minimum absolute atomic E-state index is 0.0821. The van der Waals surface area contributed by atoms with Gasteiger partial charge in [-0.1, -0.05) is 13.0 Å². The average molecular weight is 361 g/mol. The molecule has 2 rings (SSSR count). The van der Waals surface area contributed by atoms with Crippen molar-refractivity contribution in [2.75, 3.05) is 39.0 Å². The number of nitrogens with zero attached hydrogens (tertiary/aromatic N) is 2. The number of carbonyl (C=O) groups excluding carboxylic acids is 2. The van der Waals surface area contributed by atoms with Gasteiger partial charge in [0.2, 0.25) is 0 Å². The number of aryl methyl sites for hydroxylation is 1. The van der Waals surface area contributed by atoms with E-state index in [2.05, 4.69) is 29.4 Å². The predicted molar refractivity (Wildman–Crippen MR) is 106 cm³/mol. The third-order valence-corrected chi connectivity index (χ3v) is 5.01. The van der Waals surface area contributed by atoms with Crippen LogP contribution in [0.4, 0.5) is 10.5 Å². The summed E-state index contributed by atoms with van der Waals surface area (Å²) in [5.74, 6) is 0.640. The topological polar surface area (TPSA) is 64.7 Å². The molecule has 2 N–H and O–H groups in total. The molecule has 2 atom stereocenters. The van der Waals surface area contributed by atoms with E-state index < -0.39 is 0 Å². The zero-order valence-electron chi connectivity index (χ0n) is 16.6. The van der Waals surface area contributed by atoms with Crippen LogP contribution in [-0.2, 0) is 0 Å². The molecular formula is C20H32N4O2. The number of likely N-dealkylation sites (tertiary alicyclic amines) is 1. The maximum atomic E-state index is 12.3. The highest BCUT2D eigenvalue weighted by Crippen LogP contribution is 2.19. The summed E-state index contributed by atoms with van der Waals surface area (Å²) in [6, 6.07) is 5.43. The summed E-state index contributed by atoms with van der Waals surface area (Å²) in [6.07, 6.45) is 2.52. The van der Waals surface area contributed by atoms with Crippen molar-refractivity contribution in [2.45, 2.75) is 39.7 Å². The standard InChI is InChI=1S/C20H32N4O2/c1-14-7-6-10-24(13-14)16(3)12-21-20(26)22-18-11-17(9-8-15(18)2)19(25)23(4)5/h8-9,11,14,16H,6-7,10,12-13H2,1-5H3,(H2,21,22,26)/t14-,16+/m1/s1. The van der Waals surface area contributed by atoms with Crippen LogP contribution >= 0.6 is 0 Å². The average Bonchev–Trinajstić information content (AvgIpc) is 2.60. The van der Waals surface area contributed by atoms with Crippen molar-refractivity contribution in [2.24, 2.45) is 5.92 Å². The molecule has 1 aromatic carbocycles. The largest absolute Gasteiger partial charge is 0.345 e. The molecule has 0 unspecified atom stereocenters. The molecule has 6 heteroatoms. The van der Waals surface area contributed by atoms with Gasteiger partial charge >= 0.3 is 6.03 Å². The summed E-state index contributed by atoms with van der Waals surface area (Å²) in [7, 11) is 3.43. The first-order valence-corrected chi connectivity index (χ1v) is 9.39. The molecule has 1 heterocycles. The van der Waals surface area contributed by atoms with Crippen LogP contribution in [0.1, 0.15) is 42.6 Å². The number of rotatable bonds is 5. The molecule has 1 aliphatic heterocycles. The number of hydrogen-bond acceptors (Lipinski definition) is 3. The van der Waals surface area contributed by atoms with Crippen LogP contribution in [0.5, 0.6) is 0 Å². The minimum atomic E-state index is -0.237. The maximum Gasteiger partial charge on any atom is 0.319 e. The molecule has 1 aliphatic rings. The molecule has 0 bridgehead atoms. The number of hydrogen-bond donors (Lipinski definition) is 2. The Balaban J connectivity index is 1.91. The van der Waals surface area contributed by atoms with Crippen LogP contribution in [0.15, 0.2) is 18.2 Å². The third-order valence-electron chi connectivity index (χ3n) is 5.01. The number of piperidine rings is 1. The smallest absolute Gasteiger partial charge is 0.319 e. The fourth-order valence-electron chi connectivity index (χ4n) is 3.31. The molecule has 6 nitrogen and oxygen atoms in total. The van der Waals surface area contributed by atoms with E-state index in [-0.39, 0.29) is 11.9 Å². The first kappa shape index (κ1) is 20.2. The van der Waals surface area contributed by atoms with Crippen LogP contribution in [-0.4, -0.2) is 61.5 Å². The van der Waals surface area contributed by atoms with E-state index in [0.29, 0.717) is 23.8 Å². The van der Waals surface area contributed by atoms with Gasteiger partial charge in [0, 0.05) is 44.5 Å². The summed E-state index contributed by atoms with van der Waals surface area (Å²) in [5, 5.41) is 5.83. The van der Waals surface area contributed by atoms with Gasteiger partial charge < -0.3 is 15.5 Å². The maximum absolute atomic E-state index is 12.3. The second-order valence-corrected chi connectivity index (χ2v) is 7.66. The molecule has 0 aliphatic carbocycles. The van der Waals surface area contributed by atoms with Crippen LogP contribution in [0.25, 0.3) is 0 Å². The van der Waals surface area contributed by atoms with Gasteiger partial charge in [0.05, 0.1) is 0 Å². The van der Waals surface area contributed by atoms with Crippen LogP contribution in [0, 0.1) is 12.8 Å². The van der Waals surface area contributed by atoms with E-state index in [1.807, 2.05) is 13.0 Å². The van der Waals surface area contributed by atoms with Crippen LogP contribution < -0.4 is 10.6 Å². The van der Waals surface area contributed by atoms with Crippen molar-refractivity contribution in [1.82, 2.24) is 15.1 Å². The fourth-order valence-corrected chi connectivity index (χ4v) is 3.31. The fraction of sp³-hybridized carbons (Fsp3) is 0.600. The molecule has 1 saturated heterocycles. The number of carbonyl (C=O) groups is 2. The lowest BCUT2D eigenvalue weighted by Crippen LogP contribution is -2.47. The quantitative estimate of drug-likeness (QED) is 0.848. The zero-order chi connectivity index (χ0) is 19.3. The van der Waals surface area contributed by atoms with E-state index in [1.165, 1.54) is 17.7 Å². The van der Waals surface area contributed by atoms with Gasteiger partial charge in [-0.25, -0.2) is 4.79 Å². The summed E-state index contributed by atoms with van der Waals surface area (Å²) in [5.41, 5.74) is 2.15. The van der Waals surface area contributed by atoms with Crippen molar-refractivity contribution >= 4 is 17.6 Å². The van der Waals surface area contributed by atoms with Gasteiger partial charge in [-0.2, -0.15) is 0 Å².